The third kappa shape index (κ3) is 4.46. The predicted octanol–water partition coefficient (Wildman–Crippen LogP) is 6.50. The highest BCUT2D eigenvalue weighted by atomic mass is 32.2. The van der Waals surface area contributed by atoms with Crippen LogP contribution in [0, 0.1) is 5.92 Å². The number of rotatable bonds is 6. The molecule has 0 radical (unpaired) electrons. The van der Waals surface area contributed by atoms with Gasteiger partial charge in [-0.25, -0.2) is 0 Å². The maximum atomic E-state index is 14.4. The first-order valence-corrected chi connectivity index (χ1v) is 14.7. The first kappa shape index (κ1) is 24.6. The molecule has 7 rings (SSSR count). The molecule has 0 saturated carbocycles. The molecule has 192 valence electrons. The van der Waals surface area contributed by atoms with E-state index in [9.17, 15) is 4.79 Å². The summed E-state index contributed by atoms with van der Waals surface area (Å²) < 4.78 is 6.38. The Bertz CT molecular complexity index is 1250. The van der Waals surface area contributed by atoms with Crippen LogP contribution in [0.15, 0.2) is 77.7 Å². The number of ether oxygens (including phenoxy) is 1. The molecule has 0 aliphatic carbocycles. The molecular formula is C32H36N2O2S. The van der Waals surface area contributed by atoms with Gasteiger partial charge in [0, 0.05) is 35.9 Å². The van der Waals surface area contributed by atoms with Crippen molar-refractivity contribution in [2.45, 2.75) is 61.6 Å². The highest BCUT2D eigenvalue weighted by Gasteiger charge is 2.53. The molecule has 1 unspecified atom stereocenters. The van der Waals surface area contributed by atoms with Crippen LogP contribution in [-0.2, 0) is 6.42 Å². The van der Waals surface area contributed by atoms with Crippen molar-refractivity contribution >= 4 is 17.7 Å². The number of fused-ring (bicyclic) bond motifs is 4. The molecule has 0 aromatic heterocycles. The molecule has 1 atom stereocenters. The fourth-order valence-electron chi connectivity index (χ4n) is 6.88. The Kier molecular flexibility index (Phi) is 6.32. The fraction of sp³-hybridized carbons (Fsp3) is 0.406. The first-order chi connectivity index (χ1) is 17.9. The van der Waals surface area contributed by atoms with Gasteiger partial charge in [-0.2, -0.15) is 0 Å². The summed E-state index contributed by atoms with van der Waals surface area (Å²) in [6.45, 7) is 6.21. The van der Waals surface area contributed by atoms with Crippen LogP contribution in [-0.4, -0.2) is 41.4 Å². The van der Waals surface area contributed by atoms with Crippen molar-refractivity contribution < 1.29 is 9.53 Å². The van der Waals surface area contributed by atoms with Crippen LogP contribution >= 0.6 is 11.8 Å². The summed E-state index contributed by atoms with van der Waals surface area (Å²) in [6, 6.07) is 25.7. The number of carbonyl (C=O) groups excluding carboxylic acids is 1. The Morgan fingerprint density at radius 1 is 1.00 bits per heavy atom. The highest BCUT2D eigenvalue weighted by molar-refractivity contribution is 7.98. The second kappa shape index (κ2) is 9.52. The van der Waals surface area contributed by atoms with Crippen molar-refractivity contribution in [3.05, 3.63) is 95.1 Å². The molecule has 4 aliphatic heterocycles. The largest absolute Gasteiger partial charge is 0.486 e. The molecule has 2 bridgehead atoms. The Morgan fingerprint density at radius 3 is 2.16 bits per heavy atom. The summed E-state index contributed by atoms with van der Waals surface area (Å²) >= 11 is 1.68. The van der Waals surface area contributed by atoms with Gasteiger partial charge in [-0.3, -0.25) is 9.69 Å². The number of nitrogens with one attached hydrogen (secondary N) is 1. The first-order valence-electron chi connectivity index (χ1n) is 13.5. The molecule has 4 heterocycles. The maximum absolute atomic E-state index is 14.4. The summed E-state index contributed by atoms with van der Waals surface area (Å²) in [5, 5.41) is 3.68. The Morgan fingerprint density at radius 2 is 1.62 bits per heavy atom. The van der Waals surface area contributed by atoms with Crippen molar-refractivity contribution in [1.82, 2.24) is 10.2 Å². The monoisotopic (exact) mass is 512 g/mol. The number of hydrogen-bond acceptors (Lipinski definition) is 4. The second-order valence-corrected chi connectivity index (χ2v) is 12.3. The van der Waals surface area contributed by atoms with E-state index in [0.29, 0.717) is 11.5 Å². The number of carbonyl (C=O) groups is 1. The number of amides is 1. The standard InChI is InChI=1S/C32H36N2O2S/c1-31(2)21-25-18-26(37-3)19-27(29(25)36-31)30(35)33-32(20-22-14-16-34(32)17-15-22)28(23-10-6-4-7-11-23)24-12-8-5-9-13-24/h4-13,18-19,22,28H,14-17,20-21H2,1-3H3,(H,33,35). The van der Waals surface area contributed by atoms with Gasteiger partial charge in [0.25, 0.3) is 5.91 Å². The van der Waals surface area contributed by atoms with E-state index in [0.717, 1.165) is 42.1 Å². The maximum Gasteiger partial charge on any atom is 0.256 e. The van der Waals surface area contributed by atoms with Crippen LogP contribution in [0.5, 0.6) is 5.75 Å². The molecular weight excluding hydrogens is 476 g/mol. The number of nitrogens with zero attached hydrogens (tertiary/aromatic N) is 1. The summed E-state index contributed by atoms with van der Waals surface area (Å²) in [6.07, 6.45) is 6.22. The summed E-state index contributed by atoms with van der Waals surface area (Å²) in [5.74, 6) is 1.35. The van der Waals surface area contributed by atoms with Gasteiger partial charge in [-0.05, 0) is 68.5 Å². The zero-order valence-electron chi connectivity index (χ0n) is 22.0. The summed E-state index contributed by atoms with van der Waals surface area (Å²) in [4.78, 5) is 18.0. The zero-order chi connectivity index (χ0) is 25.6. The average Bonchev–Trinajstić information content (AvgIpc) is 3.23. The van der Waals surface area contributed by atoms with Crippen LogP contribution in [0.2, 0.25) is 0 Å². The number of benzene rings is 3. The van der Waals surface area contributed by atoms with Gasteiger partial charge in [0.05, 0.1) is 5.56 Å². The van der Waals surface area contributed by atoms with Gasteiger partial charge in [0.1, 0.15) is 17.0 Å². The molecule has 0 spiro atoms. The van der Waals surface area contributed by atoms with Crippen LogP contribution < -0.4 is 10.1 Å². The predicted molar refractivity (Wildman–Crippen MR) is 150 cm³/mol. The van der Waals surface area contributed by atoms with E-state index in [4.69, 9.17) is 4.74 Å². The van der Waals surface area contributed by atoms with Gasteiger partial charge in [0.2, 0.25) is 0 Å². The van der Waals surface area contributed by atoms with Crippen molar-refractivity contribution in [3.8, 4) is 5.75 Å². The van der Waals surface area contributed by atoms with E-state index in [1.165, 1.54) is 24.0 Å². The number of thioether (sulfide) groups is 1. The lowest BCUT2D eigenvalue weighted by molar-refractivity contribution is -0.0562. The SMILES string of the molecule is CSc1cc2c(c(C(=O)NC3(C(c4ccccc4)c4ccccc4)CC4CCN3CC4)c1)OC(C)(C)C2. The minimum atomic E-state index is -0.503. The summed E-state index contributed by atoms with van der Waals surface area (Å²) in [7, 11) is 0. The van der Waals surface area contributed by atoms with Gasteiger partial charge in [-0.1, -0.05) is 60.7 Å². The molecule has 1 amide bonds. The highest BCUT2D eigenvalue weighted by Crippen LogP contribution is 2.49. The molecule has 4 nitrogen and oxygen atoms in total. The van der Waals surface area contributed by atoms with E-state index in [1.807, 2.05) is 6.07 Å². The van der Waals surface area contributed by atoms with Gasteiger partial charge in [0.15, 0.2) is 0 Å². The molecule has 3 fully saturated rings. The molecule has 3 saturated heterocycles. The lowest BCUT2D eigenvalue weighted by Crippen LogP contribution is -2.69. The molecule has 37 heavy (non-hydrogen) atoms. The summed E-state index contributed by atoms with van der Waals surface area (Å²) in [5.41, 5.74) is 3.45. The van der Waals surface area contributed by atoms with Gasteiger partial charge in [-0.15, -0.1) is 11.8 Å². The quantitative estimate of drug-likeness (QED) is 0.383. The van der Waals surface area contributed by atoms with Crippen molar-refractivity contribution in [2.24, 2.45) is 5.92 Å². The molecule has 3 aromatic rings. The van der Waals surface area contributed by atoms with Gasteiger partial charge >= 0.3 is 0 Å². The van der Waals surface area contributed by atoms with E-state index in [2.05, 4.69) is 97.0 Å². The van der Waals surface area contributed by atoms with Crippen LogP contribution in [0.4, 0.5) is 0 Å². The zero-order valence-corrected chi connectivity index (χ0v) is 22.8. The van der Waals surface area contributed by atoms with Gasteiger partial charge < -0.3 is 10.1 Å². The lowest BCUT2D eigenvalue weighted by Gasteiger charge is -2.58. The number of piperidine rings is 3. The minimum Gasteiger partial charge on any atom is -0.486 e. The Hall–Kier alpha value is -2.76. The van der Waals surface area contributed by atoms with Crippen LogP contribution in [0.25, 0.3) is 0 Å². The van der Waals surface area contributed by atoms with Crippen molar-refractivity contribution in [2.75, 3.05) is 19.3 Å². The van der Waals surface area contributed by atoms with Crippen LogP contribution in [0.3, 0.4) is 0 Å². The Labute approximate surface area is 224 Å². The lowest BCUT2D eigenvalue weighted by atomic mass is 9.69. The Balaban J connectivity index is 1.47. The third-order valence-electron chi connectivity index (χ3n) is 8.47. The molecule has 1 N–H and O–H groups in total. The molecule has 5 heteroatoms. The van der Waals surface area contributed by atoms with E-state index < -0.39 is 5.66 Å². The second-order valence-electron chi connectivity index (χ2n) is 11.5. The van der Waals surface area contributed by atoms with E-state index >= 15 is 0 Å². The number of hydrogen-bond donors (Lipinski definition) is 1. The average molecular weight is 513 g/mol. The van der Waals surface area contributed by atoms with Crippen LogP contribution in [0.1, 0.15) is 66.1 Å². The topological polar surface area (TPSA) is 41.6 Å². The van der Waals surface area contributed by atoms with Crippen molar-refractivity contribution in [3.63, 3.8) is 0 Å². The third-order valence-corrected chi connectivity index (χ3v) is 9.17. The van der Waals surface area contributed by atoms with E-state index in [-0.39, 0.29) is 17.4 Å². The molecule has 4 aliphatic rings. The normalized spacial score (nSPS) is 25.5. The smallest absolute Gasteiger partial charge is 0.256 e. The van der Waals surface area contributed by atoms with Crippen molar-refractivity contribution in [1.29, 1.82) is 0 Å². The van der Waals surface area contributed by atoms with E-state index in [1.54, 1.807) is 11.8 Å². The molecule has 3 aromatic carbocycles. The fourth-order valence-corrected chi connectivity index (χ4v) is 7.37. The minimum absolute atomic E-state index is 0.0242.